The van der Waals surface area contributed by atoms with Crippen LogP contribution < -0.4 is 0 Å². The van der Waals surface area contributed by atoms with Crippen LogP contribution in [-0.4, -0.2) is 0 Å². The summed E-state index contributed by atoms with van der Waals surface area (Å²) >= 11 is 0. The Morgan fingerprint density at radius 3 is 2.44 bits per heavy atom. The third kappa shape index (κ3) is 5.16. The summed E-state index contributed by atoms with van der Waals surface area (Å²) in [6.45, 7) is 13.9. The monoisotopic (exact) mass is 212 g/mol. The molecule has 0 aliphatic heterocycles. The Hall–Kier alpha value is -1.82. The maximum atomic E-state index is 3.74. The summed E-state index contributed by atoms with van der Waals surface area (Å²) in [5, 5.41) is 0. The summed E-state index contributed by atoms with van der Waals surface area (Å²) in [6.07, 6.45) is 8.07. The first kappa shape index (κ1) is 14.2. The highest BCUT2D eigenvalue weighted by atomic mass is 13.9. The molecule has 0 heterocycles. The zero-order valence-corrected chi connectivity index (χ0v) is 10.2. The number of hydrogen-bond donors (Lipinski definition) is 0. The van der Waals surface area contributed by atoms with Gasteiger partial charge in [0, 0.05) is 0 Å². The van der Waals surface area contributed by atoms with E-state index in [0.29, 0.717) is 0 Å². The summed E-state index contributed by atoms with van der Waals surface area (Å²) in [6, 6.07) is 8.42. The van der Waals surface area contributed by atoms with Gasteiger partial charge in [-0.05, 0) is 25.0 Å². The van der Waals surface area contributed by atoms with Crippen LogP contribution in [0.2, 0.25) is 0 Å². The van der Waals surface area contributed by atoms with Gasteiger partial charge >= 0.3 is 0 Å². The molecule has 0 fully saturated rings. The molecule has 0 bridgehead atoms. The lowest BCUT2D eigenvalue weighted by Gasteiger charge is -1.95. The van der Waals surface area contributed by atoms with Crippen molar-refractivity contribution < 1.29 is 0 Å². The van der Waals surface area contributed by atoms with Crippen LogP contribution in [0.4, 0.5) is 0 Å². The normalized spacial score (nSPS) is 10.8. The Morgan fingerprint density at radius 1 is 1.25 bits per heavy atom. The van der Waals surface area contributed by atoms with Crippen molar-refractivity contribution in [2.24, 2.45) is 0 Å². The van der Waals surface area contributed by atoms with E-state index >= 15 is 0 Å². The fraction of sp³-hybridized carbons (Fsp3) is 0.125. The van der Waals surface area contributed by atoms with Gasteiger partial charge in [-0.2, -0.15) is 0 Å². The van der Waals surface area contributed by atoms with Gasteiger partial charge in [-0.25, -0.2) is 0 Å². The molecular formula is C16H20. The molecule has 0 aromatic heterocycles. The van der Waals surface area contributed by atoms with Crippen molar-refractivity contribution in [3.63, 3.8) is 0 Å². The predicted molar refractivity (Wildman–Crippen MR) is 75.4 cm³/mol. The Bertz CT molecular complexity index is 381. The van der Waals surface area contributed by atoms with Gasteiger partial charge in [0.15, 0.2) is 0 Å². The van der Waals surface area contributed by atoms with E-state index in [1.54, 1.807) is 0 Å². The minimum Gasteiger partial charge on any atom is -0.106 e. The molecule has 16 heavy (non-hydrogen) atoms. The minimum atomic E-state index is 1.14. The van der Waals surface area contributed by atoms with Gasteiger partial charge in [-0.15, -0.1) is 13.2 Å². The highest BCUT2D eigenvalue weighted by molar-refractivity contribution is 5.55. The van der Waals surface area contributed by atoms with E-state index < -0.39 is 0 Å². The van der Waals surface area contributed by atoms with Crippen LogP contribution in [0, 0.1) is 6.92 Å². The lowest BCUT2D eigenvalue weighted by Crippen LogP contribution is -1.75. The predicted octanol–water partition coefficient (Wildman–Crippen LogP) is 4.94. The third-order valence-electron chi connectivity index (χ3n) is 2.08. The molecule has 0 spiro atoms. The van der Waals surface area contributed by atoms with Gasteiger partial charge in [0.05, 0.1) is 0 Å². The average molecular weight is 212 g/mol. The number of aryl methyl sites for hydroxylation is 1. The summed E-state index contributed by atoms with van der Waals surface area (Å²) in [7, 11) is 0. The minimum absolute atomic E-state index is 1.14. The second-order valence-corrected chi connectivity index (χ2v) is 3.24. The molecule has 1 aromatic carbocycles. The molecule has 0 N–H and O–H groups in total. The molecule has 84 valence electrons. The van der Waals surface area contributed by atoms with E-state index in [1.807, 2.05) is 19.1 Å². The number of benzene rings is 1. The summed E-state index contributed by atoms with van der Waals surface area (Å²) in [5.74, 6) is 0. The van der Waals surface area contributed by atoms with Crippen molar-refractivity contribution in [3.05, 3.63) is 78.9 Å². The summed E-state index contributed by atoms with van der Waals surface area (Å²) in [4.78, 5) is 0. The molecule has 0 saturated heterocycles. The van der Waals surface area contributed by atoms with E-state index in [2.05, 4.69) is 63.1 Å². The Balaban J connectivity index is 0.00000106. The molecule has 1 rings (SSSR count). The zero-order valence-electron chi connectivity index (χ0n) is 10.2. The van der Waals surface area contributed by atoms with Crippen molar-refractivity contribution in [1.82, 2.24) is 0 Å². The Kier molecular flexibility index (Phi) is 7.52. The lowest BCUT2D eigenvalue weighted by atomic mass is 10.1. The maximum absolute atomic E-state index is 3.74. The van der Waals surface area contributed by atoms with Crippen molar-refractivity contribution in [2.45, 2.75) is 13.8 Å². The fourth-order valence-electron chi connectivity index (χ4n) is 1.25. The molecule has 0 aliphatic rings. The first-order valence-electron chi connectivity index (χ1n) is 5.29. The summed E-state index contributed by atoms with van der Waals surface area (Å²) < 4.78 is 0. The SMILES string of the molecule is C=C.C=CC(/C=C/c1cccc(C)c1)=C\C. The number of allylic oxidation sites excluding steroid dienone is 4. The van der Waals surface area contributed by atoms with Crippen LogP contribution in [0.1, 0.15) is 18.1 Å². The van der Waals surface area contributed by atoms with Crippen LogP contribution >= 0.6 is 0 Å². The highest BCUT2D eigenvalue weighted by Gasteiger charge is 1.87. The molecule has 0 atom stereocenters. The number of rotatable bonds is 3. The van der Waals surface area contributed by atoms with Crippen LogP contribution in [0.25, 0.3) is 6.08 Å². The molecule has 0 nitrogen and oxygen atoms in total. The quantitative estimate of drug-likeness (QED) is 0.491. The van der Waals surface area contributed by atoms with Gasteiger partial charge in [-0.3, -0.25) is 0 Å². The van der Waals surface area contributed by atoms with Gasteiger partial charge in [0.25, 0.3) is 0 Å². The van der Waals surface area contributed by atoms with Gasteiger partial charge < -0.3 is 0 Å². The van der Waals surface area contributed by atoms with Crippen LogP contribution in [-0.2, 0) is 0 Å². The first-order chi connectivity index (χ1) is 7.76. The van der Waals surface area contributed by atoms with Crippen molar-refractivity contribution in [3.8, 4) is 0 Å². The molecule has 0 unspecified atom stereocenters. The maximum Gasteiger partial charge on any atom is -0.0254 e. The summed E-state index contributed by atoms with van der Waals surface area (Å²) in [5.41, 5.74) is 3.66. The molecule has 0 saturated carbocycles. The molecule has 0 amide bonds. The van der Waals surface area contributed by atoms with E-state index in [4.69, 9.17) is 0 Å². The molecular weight excluding hydrogens is 192 g/mol. The topological polar surface area (TPSA) is 0 Å². The fourth-order valence-corrected chi connectivity index (χ4v) is 1.25. The van der Waals surface area contributed by atoms with E-state index in [0.717, 1.165) is 5.57 Å². The van der Waals surface area contributed by atoms with Crippen LogP contribution in [0.3, 0.4) is 0 Å². The highest BCUT2D eigenvalue weighted by Crippen LogP contribution is 2.08. The smallest absolute Gasteiger partial charge is 0.0254 e. The lowest BCUT2D eigenvalue weighted by molar-refractivity contribution is 1.46. The molecule has 1 aromatic rings. The van der Waals surface area contributed by atoms with Gasteiger partial charge in [0.2, 0.25) is 0 Å². The van der Waals surface area contributed by atoms with Crippen molar-refractivity contribution >= 4 is 6.08 Å². The van der Waals surface area contributed by atoms with Crippen LogP contribution in [0.5, 0.6) is 0 Å². The Morgan fingerprint density at radius 2 is 1.94 bits per heavy atom. The van der Waals surface area contributed by atoms with Crippen LogP contribution in [0.15, 0.2) is 67.8 Å². The molecule has 0 radical (unpaired) electrons. The first-order valence-corrected chi connectivity index (χ1v) is 5.29. The second kappa shape index (κ2) is 8.49. The van der Waals surface area contributed by atoms with Gasteiger partial charge in [0.1, 0.15) is 0 Å². The standard InChI is InChI=1S/C14H16.C2H4/c1-4-13(5-2)9-10-14-8-6-7-12(3)11-14;1-2/h4-11H,1H2,2-3H3;1-2H2/b10-9+,13-5+;. The molecule has 0 aliphatic carbocycles. The van der Waals surface area contributed by atoms with Crippen molar-refractivity contribution in [1.29, 1.82) is 0 Å². The Labute approximate surface area is 99.3 Å². The molecule has 0 heteroatoms. The average Bonchev–Trinajstić information content (AvgIpc) is 2.33. The van der Waals surface area contributed by atoms with Crippen molar-refractivity contribution in [2.75, 3.05) is 0 Å². The zero-order chi connectivity index (χ0) is 12.4. The van der Waals surface area contributed by atoms with E-state index in [9.17, 15) is 0 Å². The van der Waals surface area contributed by atoms with Gasteiger partial charge in [-0.1, -0.05) is 60.7 Å². The number of hydrogen-bond acceptors (Lipinski definition) is 0. The second-order valence-electron chi connectivity index (χ2n) is 3.24. The largest absolute Gasteiger partial charge is 0.106 e. The third-order valence-corrected chi connectivity index (χ3v) is 2.08. The van der Waals surface area contributed by atoms with E-state index in [1.165, 1.54) is 11.1 Å². The van der Waals surface area contributed by atoms with E-state index in [-0.39, 0.29) is 0 Å².